The number of benzene rings is 2. The molecule has 0 bridgehead atoms. The maximum absolute atomic E-state index is 10.9. The zero-order valence-electron chi connectivity index (χ0n) is 11.2. The Morgan fingerprint density at radius 3 is 2.21 bits per heavy atom. The first kappa shape index (κ1) is 13.7. The van der Waals surface area contributed by atoms with Crippen LogP contribution in [0.1, 0.15) is 16.7 Å². The molecule has 0 aromatic heterocycles. The molecule has 1 N–H and O–H groups in total. The quantitative estimate of drug-likeness (QED) is 0.849. The van der Waals surface area contributed by atoms with Crippen molar-refractivity contribution in [1.29, 1.82) is 0 Å². The third-order valence-corrected chi connectivity index (χ3v) is 3.36. The molecule has 4 heteroatoms. The van der Waals surface area contributed by atoms with E-state index in [-0.39, 0.29) is 0 Å². The predicted octanol–water partition coefficient (Wildman–Crippen LogP) is 4.31. The topological polar surface area (TPSA) is 46.5 Å². The molecule has 0 spiro atoms. The first-order valence-corrected chi connectivity index (χ1v) is 7.13. The van der Waals surface area contributed by atoms with Crippen LogP contribution in [0.4, 0.5) is 0 Å². The summed E-state index contributed by atoms with van der Waals surface area (Å²) in [6.45, 7) is 6.12. The highest BCUT2D eigenvalue weighted by Crippen LogP contribution is 2.37. The predicted molar refractivity (Wildman–Crippen MR) is 76.5 cm³/mol. The normalized spacial score (nSPS) is 11.3. The molecular formula is C15H16O3P+. The molecule has 0 heterocycles. The second-order valence-corrected chi connectivity index (χ2v) is 5.26. The van der Waals surface area contributed by atoms with Gasteiger partial charge in [-0.25, -0.2) is 4.52 Å². The Bertz CT molecular complexity index is 612. The Morgan fingerprint density at radius 2 is 1.63 bits per heavy atom. The van der Waals surface area contributed by atoms with Gasteiger partial charge in [-0.3, -0.25) is 0 Å². The van der Waals surface area contributed by atoms with E-state index in [0.717, 1.165) is 22.3 Å². The van der Waals surface area contributed by atoms with Crippen molar-refractivity contribution in [3.8, 4) is 16.9 Å². The van der Waals surface area contributed by atoms with E-state index >= 15 is 0 Å². The van der Waals surface area contributed by atoms with Gasteiger partial charge in [0.25, 0.3) is 0 Å². The molecule has 3 nitrogen and oxygen atoms in total. The lowest BCUT2D eigenvalue weighted by Crippen LogP contribution is -1.92. The van der Waals surface area contributed by atoms with Gasteiger partial charge in [0, 0.05) is 10.1 Å². The van der Waals surface area contributed by atoms with E-state index in [2.05, 4.69) is 19.1 Å². The Labute approximate surface area is 113 Å². The van der Waals surface area contributed by atoms with Gasteiger partial charge in [0.1, 0.15) is 0 Å². The van der Waals surface area contributed by atoms with Crippen LogP contribution >= 0.6 is 8.25 Å². The maximum Gasteiger partial charge on any atom is 0.747 e. The van der Waals surface area contributed by atoms with E-state index in [4.69, 9.17) is 9.42 Å². The molecule has 0 aliphatic carbocycles. The second-order valence-electron chi connectivity index (χ2n) is 4.60. The molecule has 98 valence electrons. The summed E-state index contributed by atoms with van der Waals surface area (Å²) in [5, 5.41) is 0. The van der Waals surface area contributed by atoms with Gasteiger partial charge >= 0.3 is 8.25 Å². The van der Waals surface area contributed by atoms with Crippen molar-refractivity contribution in [3.05, 3.63) is 53.1 Å². The second kappa shape index (κ2) is 5.52. The van der Waals surface area contributed by atoms with Crippen molar-refractivity contribution in [2.75, 3.05) is 0 Å². The zero-order chi connectivity index (χ0) is 14.0. The van der Waals surface area contributed by atoms with E-state index in [0.29, 0.717) is 5.75 Å². The fourth-order valence-corrected chi connectivity index (χ4v) is 2.77. The van der Waals surface area contributed by atoms with Crippen molar-refractivity contribution >= 4 is 8.25 Å². The number of hydrogen-bond donors (Lipinski definition) is 1. The Hall–Kier alpha value is -1.70. The number of aryl methyl sites for hydroxylation is 3. The number of para-hydroxylation sites is 1. The van der Waals surface area contributed by atoms with Crippen molar-refractivity contribution in [2.45, 2.75) is 20.8 Å². The molecule has 2 rings (SSSR count). The molecule has 19 heavy (non-hydrogen) atoms. The molecule has 0 radical (unpaired) electrons. The van der Waals surface area contributed by atoms with Crippen molar-refractivity contribution < 1.29 is 14.0 Å². The van der Waals surface area contributed by atoms with Gasteiger partial charge in [0.2, 0.25) is 0 Å². The van der Waals surface area contributed by atoms with Crippen LogP contribution in [-0.2, 0) is 4.57 Å². The Balaban J connectivity index is 2.62. The molecule has 0 fully saturated rings. The van der Waals surface area contributed by atoms with E-state index in [1.807, 2.05) is 26.0 Å². The van der Waals surface area contributed by atoms with Gasteiger partial charge in [0.15, 0.2) is 5.75 Å². The minimum atomic E-state index is -2.66. The van der Waals surface area contributed by atoms with Crippen LogP contribution in [0.25, 0.3) is 11.1 Å². The third kappa shape index (κ3) is 3.01. The van der Waals surface area contributed by atoms with Crippen LogP contribution in [0.5, 0.6) is 5.75 Å². The van der Waals surface area contributed by atoms with Crippen molar-refractivity contribution in [3.63, 3.8) is 0 Å². The lowest BCUT2D eigenvalue weighted by molar-refractivity contribution is 0.411. The summed E-state index contributed by atoms with van der Waals surface area (Å²) in [4.78, 5) is 8.95. The van der Waals surface area contributed by atoms with Crippen LogP contribution in [0, 0.1) is 20.8 Å². The molecule has 2 aromatic rings. The van der Waals surface area contributed by atoms with E-state index in [1.165, 1.54) is 5.56 Å². The fraction of sp³-hybridized carbons (Fsp3) is 0.200. The van der Waals surface area contributed by atoms with Crippen LogP contribution in [0.2, 0.25) is 0 Å². The molecule has 0 aliphatic heterocycles. The standard InChI is InChI=1S/C15H15O3P/c1-10-8-11(2)15(12(3)9-10)13-6-4-5-7-14(13)18-19(16)17/h4-9H,1-3H3/p+1. The average molecular weight is 275 g/mol. The van der Waals surface area contributed by atoms with E-state index in [1.54, 1.807) is 12.1 Å². The van der Waals surface area contributed by atoms with E-state index < -0.39 is 8.25 Å². The largest absolute Gasteiger partial charge is 0.747 e. The smallest absolute Gasteiger partial charge is 0.229 e. The molecule has 0 aliphatic rings. The first-order chi connectivity index (χ1) is 8.99. The van der Waals surface area contributed by atoms with Gasteiger partial charge in [-0.2, -0.15) is 0 Å². The minimum Gasteiger partial charge on any atom is -0.229 e. The minimum absolute atomic E-state index is 0.432. The zero-order valence-corrected chi connectivity index (χ0v) is 12.1. The SMILES string of the molecule is Cc1cc(C)c(-c2ccccc2O[P+](=O)O)c(C)c1. The third-order valence-electron chi connectivity index (χ3n) is 3.01. The number of rotatable bonds is 3. The number of hydrogen-bond acceptors (Lipinski definition) is 2. The van der Waals surface area contributed by atoms with Gasteiger partial charge < -0.3 is 0 Å². The lowest BCUT2D eigenvalue weighted by atomic mass is 9.93. The van der Waals surface area contributed by atoms with Crippen LogP contribution in [-0.4, -0.2) is 4.89 Å². The summed E-state index contributed by atoms with van der Waals surface area (Å²) < 4.78 is 15.9. The summed E-state index contributed by atoms with van der Waals surface area (Å²) in [7, 11) is -2.66. The van der Waals surface area contributed by atoms with Gasteiger partial charge in [-0.1, -0.05) is 35.9 Å². The summed E-state index contributed by atoms with van der Waals surface area (Å²) in [6.07, 6.45) is 0. The monoisotopic (exact) mass is 275 g/mol. The van der Waals surface area contributed by atoms with Crippen molar-refractivity contribution in [2.24, 2.45) is 0 Å². The summed E-state index contributed by atoms with van der Waals surface area (Å²) in [5.41, 5.74) is 5.35. The molecule has 0 amide bonds. The lowest BCUT2D eigenvalue weighted by Gasteiger charge is -2.12. The summed E-state index contributed by atoms with van der Waals surface area (Å²) in [5.74, 6) is 0.432. The van der Waals surface area contributed by atoms with Crippen LogP contribution in [0.3, 0.4) is 0 Å². The van der Waals surface area contributed by atoms with Crippen molar-refractivity contribution in [1.82, 2.24) is 0 Å². The van der Waals surface area contributed by atoms with Crippen LogP contribution < -0.4 is 4.52 Å². The first-order valence-electron chi connectivity index (χ1n) is 6.00. The highest BCUT2D eigenvalue weighted by molar-refractivity contribution is 7.32. The van der Waals surface area contributed by atoms with Crippen LogP contribution in [0.15, 0.2) is 36.4 Å². The summed E-state index contributed by atoms with van der Waals surface area (Å²) >= 11 is 0. The Kier molecular flexibility index (Phi) is 3.98. The highest BCUT2D eigenvalue weighted by atomic mass is 31.1. The van der Waals surface area contributed by atoms with Gasteiger partial charge in [-0.05, 0) is 43.5 Å². The fourth-order valence-electron chi connectivity index (χ4n) is 2.44. The Morgan fingerprint density at radius 1 is 1.05 bits per heavy atom. The molecule has 2 aromatic carbocycles. The summed E-state index contributed by atoms with van der Waals surface area (Å²) in [6, 6.07) is 11.5. The molecule has 1 atom stereocenters. The molecular weight excluding hydrogens is 259 g/mol. The maximum atomic E-state index is 10.9. The van der Waals surface area contributed by atoms with Gasteiger partial charge in [-0.15, -0.1) is 4.89 Å². The highest BCUT2D eigenvalue weighted by Gasteiger charge is 2.20. The molecule has 1 unspecified atom stereocenters. The average Bonchev–Trinajstić information content (AvgIpc) is 2.29. The molecule has 0 saturated carbocycles. The van der Waals surface area contributed by atoms with Gasteiger partial charge in [0.05, 0.1) is 0 Å². The van der Waals surface area contributed by atoms with E-state index in [9.17, 15) is 4.57 Å². The molecule has 0 saturated heterocycles.